The maximum atomic E-state index is 14.2. The molecule has 10 rings (SSSR count). The van der Waals surface area contributed by atoms with Crippen molar-refractivity contribution in [3.8, 4) is 57.2 Å². The standard InChI is InChI=1S/C50H28F3N5/c51-50(52,53)36-20-22-47-41(27-36)38-16-8-10-18-45(38)58(47)49-28-39(34-24-42(32-11-3-1-4-12-32)56-43(25-34)33-13-5-2-6-14-33)35(30-55)26-48(49)57-44-17-9-7-15-37(44)40-23-31(29-54)19-21-46(40)57/h1-28H. The summed E-state index contributed by atoms with van der Waals surface area (Å²) < 4.78 is 46.7. The van der Waals surface area contributed by atoms with Crippen molar-refractivity contribution < 1.29 is 13.2 Å². The maximum Gasteiger partial charge on any atom is 0.416 e. The topological polar surface area (TPSA) is 70.3 Å². The fourth-order valence-corrected chi connectivity index (χ4v) is 8.18. The third kappa shape index (κ3) is 5.58. The molecule has 7 aromatic carbocycles. The monoisotopic (exact) mass is 755 g/mol. The van der Waals surface area contributed by atoms with Gasteiger partial charge in [0.15, 0.2) is 0 Å². The lowest BCUT2D eigenvalue weighted by Gasteiger charge is -2.20. The highest BCUT2D eigenvalue weighted by Gasteiger charge is 2.31. The van der Waals surface area contributed by atoms with Crippen molar-refractivity contribution >= 4 is 43.6 Å². The molecule has 0 atom stereocenters. The molecule has 0 radical (unpaired) electrons. The van der Waals surface area contributed by atoms with Crippen molar-refractivity contribution in [2.24, 2.45) is 0 Å². The SMILES string of the molecule is N#Cc1ccc2c(c1)c1ccccc1n2-c1cc(C#N)c(-c2cc(-c3ccccc3)nc(-c3ccccc3)c2)cc1-n1c2ccccc2c2cc(C(F)(F)F)ccc21. The van der Waals surface area contributed by atoms with Gasteiger partial charge in [0.25, 0.3) is 0 Å². The molecule has 0 bridgehead atoms. The summed E-state index contributed by atoms with van der Waals surface area (Å²) in [5.74, 6) is 0. The third-order valence-corrected chi connectivity index (χ3v) is 10.8. The van der Waals surface area contributed by atoms with E-state index in [1.165, 1.54) is 12.1 Å². The Morgan fingerprint density at radius 1 is 0.448 bits per heavy atom. The molecule has 58 heavy (non-hydrogen) atoms. The Hall–Kier alpha value is -7.94. The fraction of sp³-hybridized carbons (Fsp3) is 0.0200. The number of hydrogen-bond acceptors (Lipinski definition) is 3. The van der Waals surface area contributed by atoms with Crippen LogP contribution in [0, 0.1) is 22.7 Å². The van der Waals surface area contributed by atoms with E-state index in [4.69, 9.17) is 4.98 Å². The van der Waals surface area contributed by atoms with Crippen LogP contribution in [0.4, 0.5) is 13.2 Å². The van der Waals surface area contributed by atoms with Crippen molar-refractivity contribution in [2.75, 3.05) is 0 Å². The van der Waals surface area contributed by atoms with Crippen molar-refractivity contribution in [1.29, 1.82) is 10.5 Å². The van der Waals surface area contributed by atoms with Crippen LogP contribution < -0.4 is 0 Å². The lowest BCUT2D eigenvalue weighted by molar-refractivity contribution is -0.137. The first-order chi connectivity index (χ1) is 28.3. The highest BCUT2D eigenvalue weighted by atomic mass is 19.4. The van der Waals surface area contributed by atoms with Crippen LogP contribution in [0.1, 0.15) is 16.7 Å². The van der Waals surface area contributed by atoms with E-state index in [0.717, 1.165) is 56.0 Å². The van der Waals surface area contributed by atoms with Crippen LogP contribution >= 0.6 is 0 Å². The molecule has 3 heterocycles. The van der Waals surface area contributed by atoms with Gasteiger partial charge in [-0.3, -0.25) is 0 Å². The summed E-state index contributed by atoms with van der Waals surface area (Å²) in [7, 11) is 0. The van der Waals surface area contributed by atoms with E-state index in [1.54, 1.807) is 6.07 Å². The van der Waals surface area contributed by atoms with Crippen LogP contribution in [-0.4, -0.2) is 14.1 Å². The lowest BCUT2D eigenvalue weighted by Crippen LogP contribution is -2.06. The number of nitriles is 2. The predicted molar refractivity (Wildman–Crippen MR) is 224 cm³/mol. The number of hydrogen-bond donors (Lipinski definition) is 0. The molecule has 0 fully saturated rings. The van der Waals surface area contributed by atoms with Crippen molar-refractivity contribution in [1.82, 2.24) is 14.1 Å². The molecule has 8 heteroatoms. The molecule has 3 aromatic heterocycles. The second kappa shape index (κ2) is 13.4. The number of nitrogens with zero attached hydrogens (tertiary/aromatic N) is 5. The summed E-state index contributed by atoms with van der Waals surface area (Å²) in [6.45, 7) is 0. The zero-order valence-electron chi connectivity index (χ0n) is 30.5. The average Bonchev–Trinajstić information content (AvgIpc) is 3.78. The molecule has 10 aromatic rings. The summed E-state index contributed by atoms with van der Waals surface area (Å²) in [5, 5.41) is 23.7. The molecule has 5 nitrogen and oxygen atoms in total. The number of halogens is 3. The Bertz CT molecular complexity index is 3290. The van der Waals surface area contributed by atoms with E-state index < -0.39 is 11.7 Å². The molecular formula is C50H28F3N5. The molecule has 0 spiro atoms. The number of rotatable bonds is 5. The van der Waals surface area contributed by atoms with Crippen LogP contribution in [0.15, 0.2) is 170 Å². The summed E-state index contributed by atoms with van der Waals surface area (Å²) in [6, 6.07) is 56.9. The van der Waals surface area contributed by atoms with Gasteiger partial charge < -0.3 is 9.13 Å². The Morgan fingerprint density at radius 2 is 0.948 bits per heavy atom. The normalized spacial score (nSPS) is 11.7. The van der Waals surface area contributed by atoms with E-state index in [9.17, 15) is 23.7 Å². The minimum absolute atomic E-state index is 0.391. The number of benzene rings is 7. The number of para-hydroxylation sites is 2. The van der Waals surface area contributed by atoms with Crippen molar-refractivity contribution in [3.63, 3.8) is 0 Å². The quantitative estimate of drug-likeness (QED) is 0.176. The molecule has 0 aliphatic rings. The van der Waals surface area contributed by atoms with Gasteiger partial charge in [0, 0.05) is 38.2 Å². The molecule has 0 aliphatic carbocycles. The van der Waals surface area contributed by atoms with E-state index in [1.807, 2.05) is 150 Å². The number of alkyl halides is 3. The van der Waals surface area contributed by atoms with Gasteiger partial charge >= 0.3 is 6.18 Å². The Labute approximate surface area is 330 Å². The molecule has 0 saturated heterocycles. The minimum Gasteiger partial charge on any atom is -0.307 e. The van der Waals surface area contributed by atoms with E-state index in [-0.39, 0.29) is 0 Å². The van der Waals surface area contributed by atoms with Gasteiger partial charge in [0.2, 0.25) is 0 Å². The molecule has 274 valence electrons. The van der Waals surface area contributed by atoms with Crippen molar-refractivity contribution in [2.45, 2.75) is 6.18 Å². The van der Waals surface area contributed by atoms with Gasteiger partial charge in [0.05, 0.1) is 73.7 Å². The van der Waals surface area contributed by atoms with Gasteiger partial charge in [-0.2, -0.15) is 23.7 Å². The van der Waals surface area contributed by atoms with Gasteiger partial charge in [-0.05, 0) is 78.4 Å². The van der Waals surface area contributed by atoms with E-state index in [0.29, 0.717) is 49.9 Å². The highest BCUT2D eigenvalue weighted by molar-refractivity contribution is 6.12. The maximum absolute atomic E-state index is 14.2. The molecule has 0 unspecified atom stereocenters. The molecule has 0 aliphatic heterocycles. The zero-order chi connectivity index (χ0) is 39.5. The first-order valence-corrected chi connectivity index (χ1v) is 18.6. The summed E-state index contributed by atoms with van der Waals surface area (Å²) >= 11 is 0. The van der Waals surface area contributed by atoms with Gasteiger partial charge in [-0.15, -0.1) is 0 Å². The predicted octanol–water partition coefficient (Wildman–Crippen LogP) is 13.0. The molecular weight excluding hydrogens is 728 g/mol. The van der Waals surface area contributed by atoms with Crippen LogP contribution in [0.5, 0.6) is 0 Å². The van der Waals surface area contributed by atoms with Crippen molar-refractivity contribution in [3.05, 3.63) is 187 Å². The largest absolute Gasteiger partial charge is 0.416 e. The van der Waals surface area contributed by atoms with E-state index in [2.05, 4.69) is 16.7 Å². The van der Waals surface area contributed by atoms with Gasteiger partial charge in [-0.25, -0.2) is 4.98 Å². The smallest absolute Gasteiger partial charge is 0.307 e. The van der Waals surface area contributed by atoms with Gasteiger partial charge in [0.1, 0.15) is 0 Å². The summed E-state index contributed by atoms with van der Waals surface area (Å²) in [5.41, 5.74) is 8.99. The highest BCUT2D eigenvalue weighted by Crippen LogP contribution is 2.43. The third-order valence-electron chi connectivity index (χ3n) is 10.8. The van der Waals surface area contributed by atoms with Gasteiger partial charge in [-0.1, -0.05) is 97.1 Å². The minimum atomic E-state index is -4.54. The van der Waals surface area contributed by atoms with E-state index >= 15 is 0 Å². The first-order valence-electron chi connectivity index (χ1n) is 18.6. The summed E-state index contributed by atoms with van der Waals surface area (Å²) in [6.07, 6.45) is -4.54. The molecule has 0 N–H and O–H groups in total. The molecule has 0 amide bonds. The summed E-state index contributed by atoms with van der Waals surface area (Å²) in [4.78, 5) is 5.07. The zero-order valence-corrected chi connectivity index (χ0v) is 30.5. The number of fused-ring (bicyclic) bond motifs is 6. The lowest BCUT2D eigenvalue weighted by atomic mass is 9.95. The number of pyridine rings is 1. The Balaban J connectivity index is 1.35. The van der Waals surface area contributed by atoms with Crippen LogP contribution in [-0.2, 0) is 6.18 Å². The average molecular weight is 756 g/mol. The first kappa shape index (κ1) is 34.5. The van der Waals surface area contributed by atoms with Crippen LogP contribution in [0.2, 0.25) is 0 Å². The Kier molecular flexibility index (Phi) is 7.96. The Morgan fingerprint density at radius 3 is 1.50 bits per heavy atom. The second-order valence-corrected chi connectivity index (χ2v) is 14.1. The number of aromatic nitrogens is 3. The fourth-order valence-electron chi connectivity index (χ4n) is 8.18. The molecule has 0 saturated carbocycles. The van der Waals surface area contributed by atoms with Crippen LogP contribution in [0.3, 0.4) is 0 Å². The van der Waals surface area contributed by atoms with Crippen LogP contribution in [0.25, 0.3) is 88.6 Å². The second-order valence-electron chi connectivity index (χ2n) is 14.1.